The number of halogens is 2. The van der Waals surface area contributed by atoms with E-state index in [0.717, 1.165) is 30.8 Å². The van der Waals surface area contributed by atoms with Gasteiger partial charge < -0.3 is 14.8 Å². The van der Waals surface area contributed by atoms with Crippen molar-refractivity contribution in [3.8, 4) is 0 Å². The summed E-state index contributed by atoms with van der Waals surface area (Å²) in [5.74, 6) is 0.0287. The van der Waals surface area contributed by atoms with Crippen LogP contribution in [0.3, 0.4) is 0 Å². The van der Waals surface area contributed by atoms with Gasteiger partial charge in [0.1, 0.15) is 5.52 Å². The summed E-state index contributed by atoms with van der Waals surface area (Å²) in [6, 6.07) is 12.2. The van der Waals surface area contributed by atoms with Crippen LogP contribution in [0.2, 0.25) is 0 Å². The zero-order valence-corrected chi connectivity index (χ0v) is 16.7. The van der Waals surface area contributed by atoms with E-state index in [2.05, 4.69) is 34.3 Å². The zero-order valence-electron chi connectivity index (χ0n) is 15.0. The van der Waals surface area contributed by atoms with E-state index in [1.54, 1.807) is 12.5 Å². The molecule has 1 aliphatic heterocycles. The average molecular weight is 408 g/mol. The molecule has 1 aromatic carbocycles. The lowest BCUT2D eigenvalue weighted by atomic mass is 10.1. The summed E-state index contributed by atoms with van der Waals surface area (Å²) < 4.78 is 2.01. The number of benzene rings is 1. The first-order valence-corrected chi connectivity index (χ1v) is 8.59. The molecular weight excluding hydrogens is 385 g/mol. The maximum atomic E-state index is 12.8. The van der Waals surface area contributed by atoms with E-state index in [1.165, 1.54) is 5.56 Å². The third-order valence-electron chi connectivity index (χ3n) is 4.66. The van der Waals surface area contributed by atoms with E-state index in [1.807, 2.05) is 33.7 Å². The monoisotopic (exact) mass is 407 g/mol. The number of pyridine rings is 1. The van der Waals surface area contributed by atoms with E-state index < -0.39 is 0 Å². The molecular formula is C19H23Cl2N5O. The molecule has 2 aromatic heterocycles. The van der Waals surface area contributed by atoms with E-state index in [9.17, 15) is 4.79 Å². The fraction of sp³-hybridized carbons (Fsp3) is 0.316. The molecule has 1 saturated heterocycles. The Bertz CT molecular complexity index is 900. The van der Waals surface area contributed by atoms with Crippen LogP contribution < -0.4 is 5.32 Å². The Balaban J connectivity index is 0.00000131. The molecule has 3 heterocycles. The van der Waals surface area contributed by atoms with E-state index in [0.29, 0.717) is 12.1 Å². The molecule has 0 spiro atoms. The third kappa shape index (κ3) is 4.40. The van der Waals surface area contributed by atoms with Gasteiger partial charge in [0, 0.05) is 31.9 Å². The molecule has 3 aromatic rings. The molecule has 0 radical (unpaired) electrons. The lowest BCUT2D eigenvalue weighted by Crippen LogP contribution is -2.52. The average Bonchev–Trinajstić information content (AvgIpc) is 3.04. The number of aromatic nitrogens is 3. The Kier molecular flexibility index (Phi) is 7.18. The molecule has 1 unspecified atom stereocenters. The van der Waals surface area contributed by atoms with Crippen LogP contribution >= 0.6 is 24.8 Å². The number of hydrogen-bond donors (Lipinski definition) is 1. The summed E-state index contributed by atoms with van der Waals surface area (Å²) in [7, 11) is 0. The van der Waals surface area contributed by atoms with E-state index in [-0.39, 0.29) is 36.8 Å². The fourth-order valence-corrected chi connectivity index (χ4v) is 3.27. The molecule has 1 amide bonds. The summed E-state index contributed by atoms with van der Waals surface area (Å²) in [4.78, 5) is 23.6. The van der Waals surface area contributed by atoms with Crippen molar-refractivity contribution in [1.82, 2.24) is 24.8 Å². The third-order valence-corrected chi connectivity index (χ3v) is 4.66. The van der Waals surface area contributed by atoms with Crippen LogP contribution in [0, 0.1) is 0 Å². The minimum atomic E-state index is 0. The van der Waals surface area contributed by atoms with Crippen molar-refractivity contribution in [3.63, 3.8) is 0 Å². The van der Waals surface area contributed by atoms with Crippen molar-refractivity contribution in [3.05, 3.63) is 60.0 Å². The number of amides is 1. The van der Waals surface area contributed by atoms with Crippen LogP contribution in [0.5, 0.6) is 0 Å². The molecule has 1 aliphatic rings. The summed E-state index contributed by atoms with van der Waals surface area (Å²) in [5, 5.41) is 3.30. The van der Waals surface area contributed by atoms with Crippen LogP contribution in [0.25, 0.3) is 11.2 Å². The number of carbonyl (C=O) groups excluding carboxylic acids is 1. The number of carbonyl (C=O) groups is 1. The van der Waals surface area contributed by atoms with Crippen LogP contribution in [-0.4, -0.2) is 51.0 Å². The minimum Gasteiger partial charge on any atom is -0.333 e. The largest absolute Gasteiger partial charge is 0.333 e. The Morgan fingerprint density at radius 2 is 2.00 bits per heavy atom. The Hall–Kier alpha value is -2.15. The van der Waals surface area contributed by atoms with Crippen molar-refractivity contribution >= 4 is 41.9 Å². The Labute approximate surface area is 170 Å². The van der Waals surface area contributed by atoms with Gasteiger partial charge in [0.05, 0.1) is 18.4 Å². The first kappa shape index (κ1) is 21.2. The lowest BCUT2D eigenvalue weighted by Gasteiger charge is -2.33. The van der Waals surface area contributed by atoms with Gasteiger partial charge in [-0.3, -0.25) is 4.79 Å². The first-order chi connectivity index (χ1) is 12.2. The van der Waals surface area contributed by atoms with Gasteiger partial charge in [0.15, 0.2) is 5.65 Å². The second-order valence-corrected chi connectivity index (χ2v) is 6.48. The minimum absolute atomic E-state index is 0. The second kappa shape index (κ2) is 9.17. The molecule has 1 N–H and O–H groups in total. The highest BCUT2D eigenvalue weighted by molar-refractivity contribution is 5.96. The number of fused-ring (bicyclic) bond motifs is 1. The number of imidazole rings is 1. The highest BCUT2D eigenvalue weighted by Crippen LogP contribution is 2.16. The standard InChI is InChI=1S/C19H21N5O.2ClH/c1-14-10-20-7-8-24(14)19(25)16-9-17-18(21-11-16)23(13-22-17)12-15-5-3-2-4-6-15;;/h2-6,9,11,13-14,20H,7-8,10,12H2,1H3;2*1H. The van der Waals surface area contributed by atoms with Gasteiger partial charge in [-0.25, -0.2) is 9.97 Å². The quantitative estimate of drug-likeness (QED) is 0.724. The van der Waals surface area contributed by atoms with Crippen LogP contribution in [-0.2, 0) is 6.54 Å². The maximum Gasteiger partial charge on any atom is 0.255 e. The van der Waals surface area contributed by atoms with E-state index >= 15 is 0 Å². The molecule has 27 heavy (non-hydrogen) atoms. The summed E-state index contributed by atoms with van der Waals surface area (Å²) in [5.41, 5.74) is 3.35. The van der Waals surface area contributed by atoms with Gasteiger partial charge in [0.2, 0.25) is 0 Å². The molecule has 0 aliphatic carbocycles. The molecule has 0 bridgehead atoms. The van der Waals surface area contributed by atoms with Crippen molar-refractivity contribution in [1.29, 1.82) is 0 Å². The predicted octanol–water partition coefficient (Wildman–Crippen LogP) is 2.76. The van der Waals surface area contributed by atoms with Crippen molar-refractivity contribution in [2.75, 3.05) is 19.6 Å². The maximum absolute atomic E-state index is 12.8. The molecule has 144 valence electrons. The van der Waals surface area contributed by atoms with Crippen LogP contribution in [0.1, 0.15) is 22.8 Å². The normalized spacial score (nSPS) is 16.5. The summed E-state index contributed by atoms with van der Waals surface area (Å²) in [6.07, 6.45) is 3.45. The number of hydrogen-bond acceptors (Lipinski definition) is 4. The molecule has 8 heteroatoms. The molecule has 1 fully saturated rings. The van der Waals surface area contributed by atoms with E-state index in [4.69, 9.17) is 0 Å². The number of piperazine rings is 1. The highest BCUT2D eigenvalue weighted by Gasteiger charge is 2.24. The van der Waals surface area contributed by atoms with Crippen molar-refractivity contribution in [2.24, 2.45) is 0 Å². The van der Waals surface area contributed by atoms with Crippen molar-refractivity contribution < 1.29 is 4.79 Å². The zero-order chi connectivity index (χ0) is 17.2. The van der Waals surface area contributed by atoms with Gasteiger partial charge in [-0.05, 0) is 18.6 Å². The fourth-order valence-electron chi connectivity index (χ4n) is 3.27. The molecule has 4 rings (SSSR count). The van der Waals surface area contributed by atoms with Gasteiger partial charge in [-0.2, -0.15) is 0 Å². The topological polar surface area (TPSA) is 63.1 Å². The van der Waals surface area contributed by atoms with Gasteiger partial charge in [0.25, 0.3) is 5.91 Å². The first-order valence-electron chi connectivity index (χ1n) is 8.59. The molecule has 0 saturated carbocycles. The van der Waals surface area contributed by atoms with Gasteiger partial charge >= 0.3 is 0 Å². The Morgan fingerprint density at radius 1 is 1.22 bits per heavy atom. The van der Waals surface area contributed by atoms with Crippen LogP contribution in [0.15, 0.2) is 48.9 Å². The van der Waals surface area contributed by atoms with Gasteiger partial charge in [-0.1, -0.05) is 30.3 Å². The summed E-state index contributed by atoms with van der Waals surface area (Å²) >= 11 is 0. The smallest absolute Gasteiger partial charge is 0.255 e. The second-order valence-electron chi connectivity index (χ2n) is 6.48. The SMILES string of the molecule is CC1CNCCN1C(=O)c1cnc2c(c1)ncn2Cc1ccccc1.Cl.Cl. The molecule has 6 nitrogen and oxygen atoms in total. The number of rotatable bonds is 3. The van der Waals surface area contributed by atoms with Gasteiger partial charge in [-0.15, -0.1) is 24.8 Å². The number of nitrogens with one attached hydrogen (secondary N) is 1. The van der Waals surface area contributed by atoms with Crippen LogP contribution in [0.4, 0.5) is 0 Å². The lowest BCUT2D eigenvalue weighted by molar-refractivity contribution is 0.0655. The Morgan fingerprint density at radius 3 is 2.74 bits per heavy atom. The van der Waals surface area contributed by atoms with Crippen molar-refractivity contribution in [2.45, 2.75) is 19.5 Å². The summed E-state index contributed by atoms with van der Waals surface area (Å²) in [6.45, 7) is 5.15. The molecule has 1 atom stereocenters. The highest BCUT2D eigenvalue weighted by atomic mass is 35.5. The number of nitrogens with zero attached hydrogens (tertiary/aromatic N) is 4. The predicted molar refractivity (Wildman–Crippen MR) is 111 cm³/mol.